The van der Waals surface area contributed by atoms with Gasteiger partial charge in [0.15, 0.2) is 0 Å². The van der Waals surface area contributed by atoms with Gasteiger partial charge in [-0.15, -0.1) is 0 Å². The summed E-state index contributed by atoms with van der Waals surface area (Å²) in [5.41, 5.74) is 0.684. The molecule has 0 radical (unpaired) electrons. The van der Waals surface area contributed by atoms with Gasteiger partial charge in [-0.2, -0.15) is 4.31 Å². The lowest BCUT2D eigenvalue weighted by molar-refractivity contribution is 0.0666. The summed E-state index contributed by atoms with van der Waals surface area (Å²) in [5, 5.41) is 0. The maximum absolute atomic E-state index is 14.6. The molecule has 1 saturated heterocycles. The standard InChI is InChI=1S/C22H27FN2O4S/c1-3-17(2)25(16-18-7-5-4-6-8-18)22(26)20-15-19(9-10-21(20)23)30(27,28)24-11-13-29-14-12-24/h4-10,15,17H,3,11-14,16H2,1-2H3/t17-/m1/s1. The fourth-order valence-electron chi connectivity index (χ4n) is 3.35. The smallest absolute Gasteiger partial charge is 0.257 e. The topological polar surface area (TPSA) is 66.9 Å². The molecule has 3 rings (SSSR count). The zero-order valence-electron chi connectivity index (χ0n) is 17.3. The molecule has 2 aromatic carbocycles. The molecule has 2 aromatic rings. The van der Waals surface area contributed by atoms with Crippen LogP contribution in [0.15, 0.2) is 53.4 Å². The predicted molar refractivity (Wildman–Crippen MR) is 112 cm³/mol. The van der Waals surface area contributed by atoms with Crippen molar-refractivity contribution in [2.24, 2.45) is 0 Å². The van der Waals surface area contributed by atoms with Gasteiger partial charge in [0.2, 0.25) is 10.0 Å². The van der Waals surface area contributed by atoms with Crippen LogP contribution in [0.2, 0.25) is 0 Å². The molecule has 0 spiro atoms. The minimum atomic E-state index is -3.83. The van der Waals surface area contributed by atoms with Gasteiger partial charge in [-0.1, -0.05) is 37.3 Å². The minimum absolute atomic E-state index is 0.0852. The van der Waals surface area contributed by atoms with Crippen LogP contribution in [0.3, 0.4) is 0 Å². The summed E-state index contributed by atoms with van der Waals surface area (Å²) in [6.07, 6.45) is 0.686. The Morgan fingerprint density at radius 2 is 1.83 bits per heavy atom. The lowest BCUT2D eigenvalue weighted by atomic mass is 10.1. The van der Waals surface area contributed by atoms with Crippen molar-refractivity contribution in [2.45, 2.75) is 37.8 Å². The van der Waals surface area contributed by atoms with Crippen LogP contribution in [0.1, 0.15) is 36.2 Å². The zero-order valence-corrected chi connectivity index (χ0v) is 18.1. The molecule has 1 heterocycles. The van der Waals surface area contributed by atoms with Gasteiger partial charge in [-0.25, -0.2) is 12.8 Å². The molecular formula is C22H27FN2O4S. The number of carbonyl (C=O) groups is 1. The number of morpholine rings is 1. The molecule has 0 aromatic heterocycles. The van der Waals surface area contributed by atoms with Gasteiger partial charge < -0.3 is 9.64 Å². The second-order valence-electron chi connectivity index (χ2n) is 7.33. The van der Waals surface area contributed by atoms with Gasteiger partial charge in [0.25, 0.3) is 5.91 Å². The molecule has 8 heteroatoms. The molecule has 1 fully saturated rings. The lowest BCUT2D eigenvalue weighted by Crippen LogP contribution is -2.41. The van der Waals surface area contributed by atoms with E-state index in [1.165, 1.54) is 10.4 Å². The van der Waals surface area contributed by atoms with Crippen molar-refractivity contribution in [2.75, 3.05) is 26.3 Å². The molecule has 1 amide bonds. The van der Waals surface area contributed by atoms with Gasteiger partial charge in [-0.3, -0.25) is 4.79 Å². The van der Waals surface area contributed by atoms with E-state index >= 15 is 0 Å². The average Bonchev–Trinajstić information content (AvgIpc) is 2.78. The molecule has 0 saturated carbocycles. The maximum Gasteiger partial charge on any atom is 0.257 e. The normalized spacial score (nSPS) is 16.2. The highest BCUT2D eigenvalue weighted by molar-refractivity contribution is 7.89. The first-order chi connectivity index (χ1) is 14.3. The number of ether oxygens (including phenoxy) is 1. The fourth-order valence-corrected chi connectivity index (χ4v) is 4.78. The third-order valence-electron chi connectivity index (χ3n) is 5.36. The van der Waals surface area contributed by atoms with E-state index < -0.39 is 21.7 Å². The zero-order chi connectivity index (χ0) is 21.7. The SMILES string of the molecule is CC[C@@H](C)N(Cc1ccccc1)C(=O)c1cc(S(=O)(=O)N2CCOCC2)ccc1F. The highest BCUT2D eigenvalue weighted by Crippen LogP contribution is 2.23. The fraction of sp³-hybridized carbons (Fsp3) is 0.409. The first kappa shape index (κ1) is 22.4. The van der Waals surface area contributed by atoms with E-state index in [2.05, 4.69) is 0 Å². The Hall–Kier alpha value is -2.29. The summed E-state index contributed by atoms with van der Waals surface area (Å²) in [7, 11) is -3.83. The Balaban J connectivity index is 1.94. The Bertz CT molecular complexity index is 976. The number of hydrogen-bond donors (Lipinski definition) is 0. The van der Waals surface area contributed by atoms with Gasteiger partial charge >= 0.3 is 0 Å². The maximum atomic E-state index is 14.6. The molecule has 0 unspecified atom stereocenters. The molecule has 0 bridgehead atoms. The van der Waals surface area contributed by atoms with Gasteiger partial charge in [0.1, 0.15) is 5.82 Å². The monoisotopic (exact) mass is 434 g/mol. The van der Waals surface area contributed by atoms with Crippen LogP contribution < -0.4 is 0 Å². The molecule has 162 valence electrons. The summed E-state index contributed by atoms with van der Waals surface area (Å²) in [6, 6.07) is 12.7. The van der Waals surface area contributed by atoms with Crippen LogP contribution in [0.5, 0.6) is 0 Å². The van der Waals surface area contributed by atoms with E-state index in [0.29, 0.717) is 26.2 Å². The van der Waals surface area contributed by atoms with Crippen molar-refractivity contribution in [3.05, 3.63) is 65.5 Å². The van der Waals surface area contributed by atoms with Crippen molar-refractivity contribution in [3.63, 3.8) is 0 Å². The number of nitrogens with zero attached hydrogens (tertiary/aromatic N) is 2. The van der Waals surface area contributed by atoms with Gasteiger partial charge in [0, 0.05) is 25.7 Å². The Morgan fingerprint density at radius 3 is 2.47 bits per heavy atom. The summed E-state index contributed by atoms with van der Waals surface area (Å²) < 4.78 is 47.0. The Morgan fingerprint density at radius 1 is 1.17 bits per heavy atom. The van der Waals surface area contributed by atoms with Crippen LogP contribution in [0, 0.1) is 5.82 Å². The molecule has 6 nitrogen and oxygen atoms in total. The van der Waals surface area contributed by atoms with E-state index in [1.54, 1.807) is 4.90 Å². The van der Waals surface area contributed by atoms with Crippen LogP contribution >= 0.6 is 0 Å². The summed E-state index contributed by atoms with van der Waals surface area (Å²) >= 11 is 0. The number of carbonyl (C=O) groups excluding carboxylic acids is 1. The number of halogens is 1. The first-order valence-corrected chi connectivity index (χ1v) is 11.5. The second-order valence-corrected chi connectivity index (χ2v) is 9.27. The molecular weight excluding hydrogens is 407 g/mol. The van der Waals surface area contributed by atoms with E-state index in [4.69, 9.17) is 4.74 Å². The molecule has 1 aliphatic heterocycles. The van der Waals surface area contributed by atoms with Crippen LogP contribution in [-0.4, -0.2) is 55.9 Å². The second kappa shape index (κ2) is 9.68. The minimum Gasteiger partial charge on any atom is -0.379 e. The van der Waals surface area contributed by atoms with E-state index in [-0.39, 0.29) is 29.6 Å². The predicted octanol–water partition coefficient (Wildman–Crippen LogP) is 3.29. The lowest BCUT2D eigenvalue weighted by Gasteiger charge is -2.29. The molecule has 0 aliphatic carbocycles. The number of benzene rings is 2. The van der Waals surface area contributed by atoms with E-state index in [9.17, 15) is 17.6 Å². The number of rotatable bonds is 7. The largest absolute Gasteiger partial charge is 0.379 e. The van der Waals surface area contributed by atoms with Crippen molar-refractivity contribution in [3.8, 4) is 0 Å². The van der Waals surface area contributed by atoms with E-state index in [0.717, 1.165) is 17.7 Å². The van der Waals surface area contributed by atoms with Crippen LogP contribution in [0.4, 0.5) is 4.39 Å². The number of hydrogen-bond acceptors (Lipinski definition) is 4. The highest BCUT2D eigenvalue weighted by atomic mass is 32.2. The van der Waals surface area contributed by atoms with Crippen molar-refractivity contribution in [1.82, 2.24) is 9.21 Å². The summed E-state index contributed by atoms with van der Waals surface area (Å²) in [4.78, 5) is 14.8. The number of sulfonamides is 1. The third-order valence-corrected chi connectivity index (χ3v) is 7.25. The quantitative estimate of drug-likeness (QED) is 0.671. The van der Waals surface area contributed by atoms with Crippen LogP contribution in [-0.2, 0) is 21.3 Å². The Labute approximate surface area is 177 Å². The number of amides is 1. The highest BCUT2D eigenvalue weighted by Gasteiger charge is 2.29. The molecule has 1 aliphatic rings. The first-order valence-electron chi connectivity index (χ1n) is 10.1. The van der Waals surface area contributed by atoms with E-state index in [1.807, 2.05) is 44.2 Å². The van der Waals surface area contributed by atoms with Crippen molar-refractivity contribution < 1.29 is 22.3 Å². The molecule has 30 heavy (non-hydrogen) atoms. The van der Waals surface area contributed by atoms with Crippen molar-refractivity contribution in [1.29, 1.82) is 0 Å². The molecule has 0 N–H and O–H groups in total. The third kappa shape index (κ3) is 4.88. The van der Waals surface area contributed by atoms with Gasteiger partial charge in [0.05, 0.1) is 23.7 Å². The average molecular weight is 435 g/mol. The van der Waals surface area contributed by atoms with Crippen LogP contribution in [0.25, 0.3) is 0 Å². The summed E-state index contributed by atoms with van der Waals surface area (Å²) in [6.45, 7) is 5.25. The molecule has 1 atom stereocenters. The summed E-state index contributed by atoms with van der Waals surface area (Å²) in [5.74, 6) is -1.26. The van der Waals surface area contributed by atoms with Gasteiger partial charge in [-0.05, 0) is 37.1 Å². The van der Waals surface area contributed by atoms with Crippen molar-refractivity contribution >= 4 is 15.9 Å². The Kier molecular flexibility index (Phi) is 7.23.